The molecule has 0 radical (unpaired) electrons. The predicted molar refractivity (Wildman–Crippen MR) is 212 cm³/mol. The van der Waals surface area contributed by atoms with Crippen molar-refractivity contribution in [2.24, 2.45) is 35.5 Å². The number of methoxy groups -OCH3 is 1. The molecule has 3 N–H and O–H groups in total. The van der Waals surface area contributed by atoms with Gasteiger partial charge in [-0.05, 0) is 81.5 Å². The Hall–Kier alpha value is -0.880. The molecule has 5 aliphatic heterocycles. The molecule has 5 aliphatic rings. The number of nitrogens with one attached hydrogen (secondary N) is 1. The fraction of sp³-hybridized carbons (Fsp3) is 0.814. The van der Waals surface area contributed by atoms with Crippen molar-refractivity contribution in [3.8, 4) is 0 Å². The summed E-state index contributed by atoms with van der Waals surface area (Å²) in [4.78, 5) is 24.5. The second-order valence-corrected chi connectivity index (χ2v) is 19.2. The number of amides is 1. The molecule has 0 aromatic heterocycles. The molecule has 5 saturated heterocycles. The number of anilines is 1. The SMILES string of the molecule is CC[C@@]1([C@@H]2O[C@@H]([C@H]3O[C@@](O)(COC(=O)Nc4ccc(Br)cc4)[C@H](C)C[C@@H]3C)C[C@@H]2C)CC[C@H]([C@]2(C)CC[C@]3(C[C@H](O)[C@@H](C)[C@@H]([C@@H](C)[C@@H](OC)[C@@H](C)C(=O)[O-])O3)O2)O1.[Na+]. The van der Waals surface area contributed by atoms with Crippen LogP contribution >= 0.6 is 15.9 Å². The maximum Gasteiger partial charge on any atom is 1.00 e. The van der Waals surface area contributed by atoms with Gasteiger partial charge in [-0.3, -0.25) is 5.32 Å². The summed E-state index contributed by atoms with van der Waals surface area (Å²) in [5, 5.41) is 37.6. The smallest absolute Gasteiger partial charge is 0.550 e. The first kappa shape index (κ1) is 48.2. The van der Waals surface area contributed by atoms with Crippen molar-refractivity contribution < 1.29 is 87.6 Å². The van der Waals surface area contributed by atoms with Gasteiger partial charge >= 0.3 is 35.7 Å². The number of hydrogen-bond donors (Lipinski definition) is 3. The summed E-state index contributed by atoms with van der Waals surface area (Å²) in [6.45, 7) is 15.5. The van der Waals surface area contributed by atoms with Crippen molar-refractivity contribution >= 4 is 33.7 Å². The summed E-state index contributed by atoms with van der Waals surface area (Å²) in [6, 6.07) is 7.13. The molecule has 15 heteroatoms. The van der Waals surface area contributed by atoms with E-state index >= 15 is 0 Å². The summed E-state index contributed by atoms with van der Waals surface area (Å²) in [5.41, 5.74) is -0.685. The van der Waals surface area contributed by atoms with E-state index in [1.54, 1.807) is 19.1 Å². The number of halogens is 1. The third kappa shape index (κ3) is 9.68. The van der Waals surface area contributed by atoms with Gasteiger partial charge in [0.2, 0.25) is 5.79 Å². The van der Waals surface area contributed by atoms with E-state index in [-0.39, 0.29) is 84.1 Å². The van der Waals surface area contributed by atoms with Crippen LogP contribution in [0, 0.1) is 35.5 Å². The number of carboxylic acid groups (broad SMARTS) is 1. The summed E-state index contributed by atoms with van der Waals surface area (Å²) >= 11 is 3.39. The van der Waals surface area contributed by atoms with Crippen LogP contribution in [-0.4, -0.2) is 101 Å². The number of ether oxygens (including phenoxy) is 7. The molecule has 1 aromatic carbocycles. The number of carboxylic acids is 1. The molecule has 0 saturated carbocycles. The number of aliphatic hydroxyl groups is 2. The van der Waals surface area contributed by atoms with Gasteiger partial charge in [-0.2, -0.15) is 0 Å². The molecule has 58 heavy (non-hydrogen) atoms. The second kappa shape index (κ2) is 18.8. The minimum Gasteiger partial charge on any atom is -0.550 e. The van der Waals surface area contributed by atoms with E-state index in [4.69, 9.17) is 33.2 Å². The van der Waals surface area contributed by atoms with Gasteiger partial charge in [0.15, 0.2) is 5.79 Å². The Morgan fingerprint density at radius 3 is 2.36 bits per heavy atom. The molecular formula is C43H65BrNNaO12. The first-order chi connectivity index (χ1) is 26.8. The van der Waals surface area contributed by atoms with E-state index < -0.39 is 65.2 Å². The van der Waals surface area contributed by atoms with E-state index in [2.05, 4.69) is 48.9 Å². The van der Waals surface area contributed by atoms with Crippen LogP contribution in [0.3, 0.4) is 0 Å². The molecule has 6 rings (SSSR count). The quantitative estimate of drug-likeness (QED) is 0.263. The molecule has 5 heterocycles. The Morgan fingerprint density at radius 2 is 1.72 bits per heavy atom. The van der Waals surface area contributed by atoms with Crippen molar-refractivity contribution in [1.29, 1.82) is 0 Å². The maximum absolute atomic E-state index is 12.7. The van der Waals surface area contributed by atoms with E-state index in [0.717, 1.165) is 30.2 Å². The van der Waals surface area contributed by atoms with Crippen LogP contribution < -0.4 is 40.0 Å². The Kier molecular flexibility index (Phi) is 15.6. The second-order valence-electron chi connectivity index (χ2n) is 18.3. The summed E-state index contributed by atoms with van der Waals surface area (Å²) in [6.07, 6.45) is 1.48. The molecule has 13 nitrogen and oxygen atoms in total. The van der Waals surface area contributed by atoms with Crippen LogP contribution in [-0.2, 0) is 38.0 Å². The van der Waals surface area contributed by atoms with Gasteiger partial charge in [-0.1, -0.05) is 64.4 Å². The monoisotopic (exact) mass is 889 g/mol. The number of aliphatic carboxylic acids is 1. The normalized spacial score (nSPS) is 43.0. The van der Waals surface area contributed by atoms with Gasteiger partial charge in [-0.25, -0.2) is 4.79 Å². The van der Waals surface area contributed by atoms with Crippen molar-refractivity contribution in [3.05, 3.63) is 28.7 Å². The standard InChI is InChI=1S/C43H66BrNO12.Na/c1-10-41(16-15-33(54-41)40(8)17-18-42(57-40)21-31(46)26(5)36(55-42)27(6)35(51-9)28(7)38(47)48)37-24(3)20-32(53-37)34-23(2)19-25(4)43(50,56-34)22-52-39(49)45-30-13-11-29(44)12-14-30;/h11-14,23-28,31-37,46,50H,10,15-22H2,1-9H3,(H,45,49)(H,47,48);/q;+1/p-1/t23-,24-,25+,26+,27-,28+,31-,32+,33+,34-,35+,36-,37+,40-,41-,42+,43-;/m0./s1. The minimum absolute atomic E-state index is 0. The molecule has 1 aromatic rings. The molecule has 1 amide bonds. The van der Waals surface area contributed by atoms with Gasteiger partial charge < -0.3 is 53.3 Å². The van der Waals surface area contributed by atoms with E-state index in [1.807, 2.05) is 32.9 Å². The van der Waals surface area contributed by atoms with Crippen molar-refractivity contribution in [3.63, 3.8) is 0 Å². The number of rotatable bonds is 12. The van der Waals surface area contributed by atoms with Crippen molar-refractivity contribution in [2.45, 2.75) is 172 Å². The van der Waals surface area contributed by atoms with E-state index in [1.165, 1.54) is 7.11 Å². The first-order valence-corrected chi connectivity index (χ1v) is 21.8. The minimum atomic E-state index is -1.68. The average molecular weight is 891 g/mol. The topological polar surface area (TPSA) is 174 Å². The third-order valence-corrected chi connectivity index (χ3v) is 14.8. The van der Waals surface area contributed by atoms with Crippen molar-refractivity contribution in [2.75, 3.05) is 19.0 Å². The van der Waals surface area contributed by atoms with Gasteiger partial charge in [-0.15, -0.1) is 0 Å². The third-order valence-electron chi connectivity index (χ3n) is 14.3. The number of carbonyl (C=O) groups excluding carboxylic acids is 2. The molecule has 0 bridgehead atoms. The Balaban J connectivity index is 0.00000641. The fourth-order valence-corrected chi connectivity index (χ4v) is 11.0. The van der Waals surface area contributed by atoms with Crippen LogP contribution in [0.4, 0.5) is 10.5 Å². The van der Waals surface area contributed by atoms with E-state index in [0.29, 0.717) is 31.4 Å². The van der Waals surface area contributed by atoms with Gasteiger partial charge in [0.1, 0.15) is 6.61 Å². The van der Waals surface area contributed by atoms with Gasteiger partial charge in [0.25, 0.3) is 0 Å². The summed E-state index contributed by atoms with van der Waals surface area (Å²) in [7, 11) is 1.49. The molecule has 17 atom stereocenters. The molecule has 322 valence electrons. The van der Waals surface area contributed by atoms with Gasteiger partial charge in [0.05, 0.1) is 53.9 Å². The number of hydrogen-bond acceptors (Lipinski definition) is 12. The zero-order valence-electron chi connectivity index (χ0n) is 36.0. The van der Waals surface area contributed by atoms with Crippen LogP contribution in [0.25, 0.3) is 0 Å². The number of aliphatic hydroxyl groups excluding tert-OH is 1. The zero-order valence-corrected chi connectivity index (χ0v) is 39.6. The van der Waals surface area contributed by atoms with Crippen molar-refractivity contribution in [1.82, 2.24) is 0 Å². The number of carbonyl (C=O) groups is 2. The summed E-state index contributed by atoms with van der Waals surface area (Å²) in [5.74, 6) is -5.44. The largest absolute Gasteiger partial charge is 1.00 e. The average Bonchev–Trinajstić information content (AvgIpc) is 3.88. The maximum atomic E-state index is 12.7. The zero-order chi connectivity index (χ0) is 41.7. The predicted octanol–water partition coefficient (Wildman–Crippen LogP) is 2.96. The molecular weight excluding hydrogens is 825 g/mol. The molecule has 0 unspecified atom stereocenters. The fourth-order valence-electron chi connectivity index (χ4n) is 10.7. The summed E-state index contributed by atoms with van der Waals surface area (Å²) < 4.78 is 46.3. The molecule has 5 fully saturated rings. The molecule has 1 spiro atoms. The first-order valence-electron chi connectivity index (χ1n) is 21.0. The van der Waals surface area contributed by atoms with Crippen LogP contribution in [0.5, 0.6) is 0 Å². The van der Waals surface area contributed by atoms with E-state index in [9.17, 15) is 24.9 Å². The Bertz CT molecular complexity index is 1580. The van der Waals surface area contributed by atoms with Crippen LogP contribution in [0.2, 0.25) is 0 Å². The molecule has 0 aliphatic carbocycles. The van der Waals surface area contributed by atoms with Crippen LogP contribution in [0.15, 0.2) is 28.7 Å². The van der Waals surface area contributed by atoms with Crippen LogP contribution in [0.1, 0.15) is 107 Å². The van der Waals surface area contributed by atoms with Gasteiger partial charge in [0, 0.05) is 59.8 Å². The Labute approximate surface area is 374 Å². The Morgan fingerprint density at radius 1 is 1.03 bits per heavy atom. The number of benzene rings is 1.